The smallest absolute Gasteiger partial charge is 0.0135 e. The SMILES string of the molecule is CCC(P)(Cc1ccccc1)c1ccccc1. The van der Waals surface area contributed by atoms with E-state index < -0.39 is 0 Å². The molecule has 0 aliphatic carbocycles. The molecule has 0 spiro atoms. The van der Waals surface area contributed by atoms with E-state index in [0.29, 0.717) is 0 Å². The van der Waals surface area contributed by atoms with Crippen molar-refractivity contribution in [1.82, 2.24) is 0 Å². The van der Waals surface area contributed by atoms with Crippen molar-refractivity contribution in [3.05, 3.63) is 71.8 Å². The first-order valence-corrected chi connectivity index (χ1v) is 6.71. The van der Waals surface area contributed by atoms with Gasteiger partial charge < -0.3 is 0 Å². The maximum Gasteiger partial charge on any atom is 0.0135 e. The van der Waals surface area contributed by atoms with Crippen molar-refractivity contribution in [3.8, 4) is 0 Å². The van der Waals surface area contributed by atoms with Crippen molar-refractivity contribution in [2.45, 2.75) is 24.9 Å². The zero-order valence-electron chi connectivity index (χ0n) is 10.3. The van der Waals surface area contributed by atoms with E-state index in [1.807, 2.05) is 0 Å². The van der Waals surface area contributed by atoms with E-state index in [2.05, 4.69) is 76.8 Å². The van der Waals surface area contributed by atoms with Gasteiger partial charge in [-0.1, -0.05) is 67.6 Å². The summed E-state index contributed by atoms with van der Waals surface area (Å²) >= 11 is 0. The molecule has 2 aromatic carbocycles. The number of hydrogen-bond acceptors (Lipinski definition) is 0. The van der Waals surface area contributed by atoms with E-state index in [1.54, 1.807) is 0 Å². The van der Waals surface area contributed by atoms with Gasteiger partial charge in [-0.25, -0.2) is 0 Å². The van der Waals surface area contributed by atoms with Crippen molar-refractivity contribution in [1.29, 1.82) is 0 Å². The minimum Gasteiger partial charge on any atom is -0.126 e. The fourth-order valence-electron chi connectivity index (χ4n) is 2.16. The third kappa shape index (κ3) is 2.96. The van der Waals surface area contributed by atoms with Crippen molar-refractivity contribution in [2.24, 2.45) is 0 Å². The van der Waals surface area contributed by atoms with Gasteiger partial charge in [-0.2, -0.15) is 0 Å². The minimum atomic E-state index is 0.155. The molecule has 0 aromatic heterocycles. The molecule has 0 aliphatic heterocycles. The second-order valence-corrected chi connectivity index (χ2v) is 5.64. The largest absolute Gasteiger partial charge is 0.126 e. The van der Waals surface area contributed by atoms with Gasteiger partial charge >= 0.3 is 0 Å². The monoisotopic (exact) mass is 242 g/mol. The van der Waals surface area contributed by atoms with Gasteiger partial charge in [-0.3, -0.25) is 0 Å². The fraction of sp³-hybridized carbons (Fsp3) is 0.250. The van der Waals surface area contributed by atoms with E-state index in [4.69, 9.17) is 0 Å². The Kier molecular flexibility index (Phi) is 3.97. The highest BCUT2D eigenvalue weighted by Gasteiger charge is 2.24. The average Bonchev–Trinajstić information content (AvgIpc) is 2.41. The molecule has 2 atom stereocenters. The van der Waals surface area contributed by atoms with Crippen molar-refractivity contribution >= 4 is 9.24 Å². The highest BCUT2D eigenvalue weighted by atomic mass is 31.0. The molecule has 2 unspecified atom stereocenters. The second kappa shape index (κ2) is 5.47. The molecule has 2 aromatic rings. The molecule has 0 amide bonds. The predicted octanol–water partition coefficient (Wildman–Crippen LogP) is 4.41. The third-order valence-electron chi connectivity index (χ3n) is 3.34. The Morgan fingerprint density at radius 2 is 1.41 bits per heavy atom. The van der Waals surface area contributed by atoms with Gasteiger partial charge in [0, 0.05) is 5.16 Å². The Labute approximate surface area is 106 Å². The van der Waals surface area contributed by atoms with Crippen LogP contribution in [0.2, 0.25) is 0 Å². The van der Waals surface area contributed by atoms with Gasteiger partial charge in [-0.05, 0) is 24.0 Å². The summed E-state index contributed by atoms with van der Waals surface area (Å²) < 4.78 is 0. The third-order valence-corrected chi connectivity index (χ3v) is 4.29. The Balaban J connectivity index is 2.27. The van der Waals surface area contributed by atoms with Gasteiger partial charge in [0.2, 0.25) is 0 Å². The maximum atomic E-state index is 3.06. The molecule has 0 nitrogen and oxygen atoms in total. The topological polar surface area (TPSA) is 0 Å². The van der Waals surface area contributed by atoms with Crippen molar-refractivity contribution in [3.63, 3.8) is 0 Å². The molecule has 0 N–H and O–H groups in total. The van der Waals surface area contributed by atoms with Crippen LogP contribution in [0.1, 0.15) is 24.5 Å². The van der Waals surface area contributed by atoms with E-state index in [-0.39, 0.29) is 5.16 Å². The number of rotatable bonds is 4. The summed E-state index contributed by atoms with van der Waals surface area (Å²) in [7, 11) is 3.06. The Morgan fingerprint density at radius 1 is 0.882 bits per heavy atom. The van der Waals surface area contributed by atoms with Crippen molar-refractivity contribution < 1.29 is 0 Å². The van der Waals surface area contributed by atoms with E-state index in [1.165, 1.54) is 11.1 Å². The van der Waals surface area contributed by atoms with Crippen LogP contribution in [0.15, 0.2) is 60.7 Å². The highest BCUT2D eigenvalue weighted by molar-refractivity contribution is 7.18. The van der Waals surface area contributed by atoms with Gasteiger partial charge in [-0.15, -0.1) is 9.24 Å². The predicted molar refractivity (Wildman–Crippen MR) is 78.3 cm³/mol. The molecule has 17 heavy (non-hydrogen) atoms. The first-order chi connectivity index (χ1) is 8.24. The van der Waals surface area contributed by atoms with Crippen LogP contribution in [0.25, 0.3) is 0 Å². The molecule has 0 fully saturated rings. The van der Waals surface area contributed by atoms with Gasteiger partial charge in [0.05, 0.1) is 0 Å². The molecule has 1 heteroatoms. The number of hydrogen-bond donors (Lipinski definition) is 0. The lowest BCUT2D eigenvalue weighted by atomic mass is 9.89. The van der Waals surface area contributed by atoms with Gasteiger partial charge in [0.15, 0.2) is 0 Å². The van der Waals surface area contributed by atoms with Crippen LogP contribution in [-0.2, 0) is 11.6 Å². The first-order valence-electron chi connectivity index (χ1n) is 6.13. The standard InChI is InChI=1S/C16H19P/c1-2-16(17,15-11-7-4-8-12-15)13-14-9-5-3-6-10-14/h3-12H,2,13,17H2,1H3. The summed E-state index contributed by atoms with van der Waals surface area (Å²) in [6, 6.07) is 21.5. The van der Waals surface area contributed by atoms with Crippen LogP contribution in [0.5, 0.6) is 0 Å². The Morgan fingerprint density at radius 3 is 1.94 bits per heavy atom. The minimum absolute atomic E-state index is 0.155. The molecule has 0 heterocycles. The molecule has 2 rings (SSSR count). The van der Waals surface area contributed by atoms with Crippen LogP contribution in [0.4, 0.5) is 0 Å². The lowest BCUT2D eigenvalue weighted by Crippen LogP contribution is -2.20. The summed E-state index contributed by atoms with van der Waals surface area (Å²) in [6.07, 6.45) is 2.19. The van der Waals surface area contributed by atoms with E-state index in [9.17, 15) is 0 Å². The molecule has 0 saturated heterocycles. The lowest BCUT2D eigenvalue weighted by Gasteiger charge is -2.29. The van der Waals surface area contributed by atoms with E-state index >= 15 is 0 Å². The number of benzene rings is 2. The van der Waals surface area contributed by atoms with Crippen LogP contribution >= 0.6 is 9.24 Å². The van der Waals surface area contributed by atoms with E-state index in [0.717, 1.165) is 12.8 Å². The summed E-state index contributed by atoms with van der Waals surface area (Å²) in [6.45, 7) is 2.25. The Hall–Kier alpha value is -1.13. The zero-order valence-corrected chi connectivity index (χ0v) is 11.4. The summed E-state index contributed by atoms with van der Waals surface area (Å²) in [5, 5.41) is 0.155. The van der Waals surface area contributed by atoms with Crippen molar-refractivity contribution in [2.75, 3.05) is 0 Å². The van der Waals surface area contributed by atoms with Gasteiger partial charge in [0.25, 0.3) is 0 Å². The molecule has 0 bridgehead atoms. The zero-order chi connectivity index (χ0) is 12.1. The maximum absolute atomic E-state index is 3.06. The van der Waals surface area contributed by atoms with Gasteiger partial charge in [0.1, 0.15) is 0 Å². The molecule has 0 saturated carbocycles. The summed E-state index contributed by atoms with van der Waals surface area (Å²) in [4.78, 5) is 0. The first kappa shape index (κ1) is 12.3. The normalized spacial score (nSPS) is 14.2. The molecular formula is C16H19P. The summed E-state index contributed by atoms with van der Waals surface area (Å²) in [5.41, 5.74) is 2.80. The van der Waals surface area contributed by atoms with Crippen LogP contribution in [-0.4, -0.2) is 0 Å². The second-order valence-electron chi connectivity index (χ2n) is 4.54. The van der Waals surface area contributed by atoms with Crippen LogP contribution < -0.4 is 0 Å². The molecule has 88 valence electrons. The van der Waals surface area contributed by atoms with Crippen LogP contribution in [0.3, 0.4) is 0 Å². The molecule has 0 aliphatic rings. The lowest BCUT2D eigenvalue weighted by molar-refractivity contribution is 0.596. The molecule has 0 radical (unpaired) electrons. The van der Waals surface area contributed by atoms with Crippen LogP contribution in [0, 0.1) is 0 Å². The average molecular weight is 242 g/mol. The molecular weight excluding hydrogens is 223 g/mol. The highest BCUT2D eigenvalue weighted by Crippen LogP contribution is 2.38. The quantitative estimate of drug-likeness (QED) is 0.697. The Bertz CT molecular complexity index is 449. The summed E-state index contributed by atoms with van der Waals surface area (Å²) in [5.74, 6) is 0. The fourth-order valence-corrected chi connectivity index (χ4v) is 2.59.